The molecule has 17 heteroatoms. The molecule has 300 valence electrons. The Morgan fingerprint density at radius 1 is 0.833 bits per heavy atom. The van der Waals surface area contributed by atoms with Gasteiger partial charge in [0.05, 0.1) is 26.8 Å². The van der Waals surface area contributed by atoms with Crippen molar-refractivity contribution in [3.05, 3.63) is 0 Å². The molecule has 7 amide bonds. The molecular weight excluding hydrogens is 702 g/mol. The highest BCUT2D eigenvalue weighted by atomic mass is 16.5. The van der Waals surface area contributed by atoms with Gasteiger partial charge in [0.15, 0.2) is 0 Å². The fourth-order valence-electron chi connectivity index (χ4n) is 8.67. The third-order valence-electron chi connectivity index (χ3n) is 11.7. The zero-order valence-corrected chi connectivity index (χ0v) is 32.0. The van der Waals surface area contributed by atoms with E-state index < -0.39 is 83.1 Å². The molecule has 5 rings (SSSR count). The van der Waals surface area contributed by atoms with E-state index >= 15 is 0 Å². The first-order chi connectivity index (χ1) is 25.6. The predicted molar refractivity (Wildman–Crippen MR) is 192 cm³/mol. The van der Waals surface area contributed by atoms with Crippen molar-refractivity contribution >= 4 is 47.5 Å². The lowest BCUT2D eigenvalue weighted by atomic mass is 9.82. The van der Waals surface area contributed by atoms with Crippen LogP contribution in [0.5, 0.6) is 0 Å². The van der Waals surface area contributed by atoms with Crippen LogP contribution in [0.4, 0.5) is 9.59 Å². The van der Waals surface area contributed by atoms with Gasteiger partial charge in [-0.3, -0.25) is 28.8 Å². The maximum Gasteiger partial charge on any atom is 0.407 e. The smallest absolute Gasteiger partial charge is 0.407 e. The van der Waals surface area contributed by atoms with Gasteiger partial charge in [0.25, 0.3) is 5.91 Å². The molecular formula is C37H57N7O10. The van der Waals surface area contributed by atoms with Crippen LogP contribution in [0.1, 0.15) is 91.4 Å². The Morgan fingerprint density at radius 3 is 2.15 bits per heavy atom. The average molecular weight is 760 g/mol. The monoisotopic (exact) mass is 759 g/mol. The second-order valence-electron chi connectivity index (χ2n) is 16.7. The van der Waals surface area contributed by atoms with Crippen molar-refractivity contribution in [2.24, 2.45) is 29.1 Å². The Morgan fingerprint density at radius 2 is 1.52 bits per heavy atom. The number of ether oxygens (including phenoxy) is 2. The SMILES string of the molecule is COC(=O)NC[C@H](NC(=O)OC)C(=O)N[C@H](C(=O)N[C@H](C(=O)N1C[C@@H]2CC3CC[C@@H](C(=O)C(=O)NC4CC4)NC(=O)[C@@H]1[C@H]2C3)C(C)(C)C)C1CCCCC1. The van der Waals surface area contributed by atoms with Crippen molar-refractivity contribution in [2.45, 2.75) is 128 Å². The highest BCUT2D eigenvalue weighted by Crippen LogP contribution is 2.48. The number of methoxy groups -OCH3 is 2. The Hall–Kier alpha value is -4.44. The number of amides is 7. The normalized spacial score (nSPS) is 27.0. The number of ketones is 1. The van der Waals surface area contributed by atoms with Gasteiger partial charge in [-0.1, -0.05) is 40.0 Å². The van der Waals surface area contributed by atoms with Gasteiger partial charge >= 0.3 is 12.2 Å². The Bertz CT molecular complexity index is 1470. The molecule has 5 aliphatic rings. The lowest BCUT2D eigenvalue weighted by Crippen LogP contribution is -2.63. The Kier molecular flexibility index (Phi) is 13.1. The number of carbonyl (C=O) groups is 8. The number of carbonyl (C=O) groups excluding carboxylic acids is 8. The first-order valence-electron chi connectivity index (χ1n) is 19.3. The number of alkyl carbamates (subject to hydrolysis) is 2. The molecule has 2 saturated heterocycles. The van der Waals surface area contributed by atoms with Crippen molar-refractivity contribution in [3.8, 4) is 0 Å². The first-order valence-corrected chi connectivity index (χ1v) is 19.3. The summed E-state index contributed by atoms with van der Waals surface area (Å²) in [6, 6.07) is -5.39. The van der Waals surface area contributed by atoms with Gasteiger partial charge in [0.1, 0.15) is 24.2 Å². The molecule has 2 heterocycles. The Labute approximate surface area is 315 Å². The molecule has 0 aromatic heterocycles. The lowest BCUT2D eigenvalue weighted by Gasteiger charge is -2.38. The standard InChI is InChI=1S/C37H57N7O10/c1-37(2,3)29(43-31(47)26(20-9-7-6-8-10-20)42-30(46)25(41-36(52)54-5)17-38-35(51)53-4)34(50)44-18-21-15-19-11-14-24(28(45)33(49)39-22-12-13-22)40-32(48)27(44)23(21)16-19/h19-27,29H,6-18H2,1-5H3,(H,38,51)(H,39,49)(H,40,48)(H,41,52)(H,42,46)(H,43,47)/t19?,21-,23-,24-,25-,26-,27-,29+/m0/s1. The molecule has 2 bridgehead atoms. The van der Waals surface area contributed by atoms with Crippen LogP contribution in [0.25, 0.3) is 0 Å². The molecule has 17 nitrogen and oxygen atoms in total. The summed E-state index contributed by atoms with van der Waals surface area (Å²) in [4.78, 5) is 108. The predicted octanol–water partition coefficient (Wildman–Crippen LogP) is 0.643. The van der Waals surface area contributed by atoms with Crippen molar-refractivity contribution in [1.29, 1.82) is 0 Å². The van der Waals surface area contributed by atoms with Crippen LogP contribution in [0.3, 0.4) is 0 Å². The number of fused-ring (bicyclic) bond motifs is 1. The minimum atomic E-state index is -1.32. The number of Topliss-reactive ketones (excluding diaryl/α,β-unsaturated/α-hetero) is 1. The van der Waals surface area contributed by atoms with Gasteiger partial charge < -0.3 is 46.3 Å². The lowest BCUT2D eigenvalue weighted by molar-refractivity contribution is -0.146. The van der Waals surface area contributed by atoms with E-state index in [2.05, 4.69) is 41.4 Å². The third-order valence-corrected chi connectivity index (χ3v) is 11.7. The molecule has 5 fully saturated rings. The number of likely N-dealkylation sites (tertiary alicyclic amines) is 1. The van der Waals surface area contributed by atoms with Gasteiger partial charge in [-0.2, -0.15) is 0 Å². The molecule has 6 N–H and O–H groups in total. The zero-order chi connectivity index (χ0) is 39.3. The quantitative estimate of drug-likeness (QED) is 0.152. The largest absolute Gasteiger partial charge is 0.453 e. The summed E-state index contributed by atoms with van der Waals surface area (Å²) in [5, 5.41) is 16.0. The topological polar surface area (TPSA) is 230 Å². The van der Waals surface area contributed by atoms with E-state index in [-0.39, 0.29) is 36.3 Å². The summed E-state index contributed by atoms with van der Waals surface area (Å²) in [5.41, 5.74) is -0.831. The van der Waals surface area contributed by atoms with Crippen molar-refractivity contribution in [2.75, 3.05) is 27.3 Å². The molecule has 0 spiro atoms. The molecule has 8 atom stereocenters. The average Bonchev–Trinajstić information content (AvgIpc) is 3.75. The molecule has 0 aromatic carbocycles. The molecule has 3 aliphatic carbocycles. The molecule has 0 aromatic rings. The van der Waals surface area contributed by atoms with Gasteiger partial charge in [-0.15, -0.1) is 0 Å². The first kappa shape index (κ1) is 40.7. The minimum absolute atomic E-state index is 0.00898. The number of nitrogens with zero attached hydrogens (tertiary/aromatic N) is 1. The van der Waals surface area contributed by atoms with Crippen molar-refractivity contribution in [1.82, 2.24) is 36.8 Å². The van der Waals surface area contributed by atoms with E-state index in [1.807, 2.05) is 20.8 Å². The highest BCUT2D eigenvalue weighted by Gasteiger charge is 2.55. The minimum Gasteiger partial charge on any atom is -0.453 e. The summed E-state index contributed by atoms with van der Waals surface area (Å²) < 4.78 is 9.25. The van der Waals surface area contributed by atoms with Crippen LogP contribution in [-0.2, 0) is 38.2 Å². The fraction of sp³-hybridized carbons (Fsp3) is 0.784. The molecule has 54 heavy (non-hydrogen) atoms. The zero-order valence-electron chi connectivity index (χ0n) is 32.0. The van der Waals surface area contributed by atoms with Crippen LogP contribution in [0.15, 0.2) is 0 Å². The number of rotatable bonds is 12. The summed E-state index contributed by atoms with van der Waals surface area (Å²) in [5.74, 6) is -3.72. The Balaban J connectivity index is 1.35. The summed E-state index contributed by atoms with van der Waals surface area (Å²) in [6.45, 7) is 5.39. The van der Waals surface area contributed by atoms with Crippen molar-refractivity contribution < 1.29 is 47.8 Å². The van der Waals surface area contributed by atoms with Gasteiger partial charge in [-0.25, -0.2) is 9.59 Å². The number of hydrogen-bond donors (Lipinski definition) is 6. The highest BCUT2D eigenvalue weighted by molar-refractivity contribution is 6.38. The summed E-state index contributed by atoms with van der Waals surface area (Å²) in [6.07, 6.45) is 6.34. The van der Waals surface area contributed by atoms with E-state index in [9.17, 15) is 38.4 Å². The van der Waals surface area contributed by atoms with Gasteiger partial charge in [0.2, 0.25) is 29.4 Å². The van der Waals surface area contributed by atoms with Crippen LogP contribution >= 0.6 is 0 Å². The maximum atomic E-state index is 14.7. The van der Waals surface area contributed by atoms with E-state index in [0.29, 0.717) is 32.2 Å². The van der Waals surface area contributed by atoms with E-state index in [1.54, 1.807) is 0 Å². The molecule has 1 unspecified atom stereocenters. The number of nitrogens with one attached hydrogen (secondary N) is 6. The third kappa shape index (κ3) is 9.80. The van der Waals surface area contributed by atoms with Crippen LogP contribution in [-0.4, -0.2) is 116 Å². The maximum absolute atomic E-state index is 14.7. The second kappa shape index (κ2) is 17.4. The van der Waals surface area contributed by atoms with E-state index in [1.165, 1.54) is 4.90 Å². The second-order valence-corrected chi connectivity index (χ2v) is 16.7. The van der Waals surface area contributed by atoms with Gasteiger partial charge in [0, 0.05) is 12.6 Å². The van der Waals surface area contributed by atoms with E-state index in [4.69, 9.17) is 0 Å². The number of hydrogen-bond acceptors (Lipinski definition) is 10. The van der Waals surface area contributed by atoms with Crippen LogP contribution in [0.2, 0.25) is 0 Å². The molecule has 0 radical (unpaired) electrons. The fourth-order valence-corrected chi connectivity index (χ4v) is 8.67. The van der Waals surface area contributed by atoms with Crippen LogP contribution in [0, 0.1) is 29.1 Å². The van der Waals surface area contributed by atoms with Crippen LogP contribution < -0.4 is 31.9 Å². The molecule has 3 saturated carbocycles. The van der Waals surface area contributed by atoms with Crippen molar-refractivity contribution in [3.63, 3.8) is 0 Å². The van der Waals surface area contributed by atoms with E-state index in [0.717, 1.165) is 59.2 Å². The summed E-state index contributed by atoms with van der Waals surface area (Å²) >= 11 is 0. The summed E-state index contributed by atoms with van der Waals surface area (Å²) in [7, 11) is 2.28. The molecule has 2 aliphatic heterocycles. The van der Waals surface area contributed by atoms with Gasteiger partial charge in [-0.05, 0) is 80.5 Å².